The highest BCUT2D eigenvalue weighted by Gasteiger charge is 2.16. The van der Waals surface area contributed by atoms with Crippen LogP contribution in [0, 0.1) is 5.92 Å². The van der Waals surface area contributed by atoms with E-state index in [4.69, 9.17) is 5.11 Å². The molecule has 0 saturated heterocycles. The number of amides is 1. The fourth-order valence-electron chi connectivity index (χ4n) is 0.686. The molecular weight excluding hydrogens is 162 g/mol. The van der Waals surface area contributed by atoms with Crippen LogP contribution in [0.25, 0.3) is 0 Å². The largest absolute Gasteiger partial charge is 0.481 e. The number of nitrogens with one attached hydrogen (secondary N) is 1. The van der Waals surface area contributed by atoms with Crippen molar-refractivity contribution < 1.29 is 19.4 Å². The maximum atomic E-state index is 10.5. The first-order chi connectivity index (χ1) is 5.57. The van der Waals surface area contributed by atoms with Crippen LogP contribution >= 0.6 is 0 Å². The Balaban J connectivity index is 3.79. The molecule has 70 valence electrons. The summed E-state index contributed by atoms with van der Waals surface area (Å²) in [5, 5.41) is 11.0. The Bertz CT molecular complexity index is 169. The van der Waals surface area contributed by atoms with E-state index in [0.717, 1.165) is 0 Å². The number of rotatable bonds is 5. The lowest BCUT2D eigenvalue weighted by Crippen LogP contribution is -2.33. The molecule has 0 aliphatic rings. The van der Waals surface area contributed by atoms with Gasteiger partial charge in [-0.3, -0.25) is 9.59 Å². The molecule has 0 fully saturated rings. The van der Waals surface area contributed by atoms with Crippen molar-refractivity contribution in [1.29, 1.82) is 0 Å². The highest BCUT2D eigenvalue weighted by molar-refractivity contribution is 5.75. The van der Waals surface area contributed by atoms with Crippen LogP contribution in [0.4, 0.5) is 0 Å². The van der Waals surface area contributed by atoms with Gasteiger partial charge in [-0.15, -0.1) is 0 Å². The van der Waals surface area contributed by atoms with Gasteiger partial charge >= 0.3 is 5.97 Å². The average molecular weight is 175 g/mol. The van der Waals surface area contributed by atoms with Gasteiger partial charge in [0.05, 0.1) is 12.5 Å². The second-order valence-electron chi connectivity index (χ2n) is 2.43. The highest BCUT2D eigenvalue weighted by Crippen LogP contribution is 1.94. The van der Waals surface area contributed by atoms with Crippen LogP contribution in [0.3, 0.4) is 0 Å². The summed E-state index contributed by atoms with van der Waals surface area (Å²) < 4.78 is 4.67. The number of methoxy groups -OCH3 is 1. The molecule has 1 amide bonds. The predicted octanol–water partition coefficient (Wildman–Crippen LogP) is -0.530. The molecule has 0 spiro atoms. The van der Waals surface area contributed by atoms with Crippen LogP contribution in [0.1, 0.15) is 6.92 Å². The van der Waals surface area contributed by atoms with Crippen molar-refractivity contribution in [3.05, 3.63) is 0 Å². The summed E-state index contributed by atoms with van der Waals surface area (Å²) in [5.41, 5.74) is 0. The number of carbonyl (C=O) groups excluding carboxylic acids is 1. The number of carboxylic acid groups (broad SMARTS) is 1. The molecule has 0 aliphatic heterocycles. The van der Waals surface area contributed by atoms with Crippen molar-refractivity contribution in [1.82, 2.24) is 5.32 Å². The Morgan fingerprint density at radius 3 is 2.50 bits per heavy atom. The molecule has 5 nitrogen and oxygen atoms in total. The van der Waals surface area contributed by atoms with E-state index in [1.165, 1.54) is 14.0 Å². The molecule has 1 unspecified atom stereocenters. The monoisotopic (exact) mass is 175 g/mol. The van der Waals surface area contributed by atoms with E-state index in [2.05, 4.69) is 10.1 Å². The lowest BCUT2D eigenvalue weighted by Gasteiger charge is -2.10. The summed E-state index contributed by atoms with van der Waals surface area (Å²) in [5.74, 6) is -1.87. The number of ether oxygens (including phenoxy) is 1. The van der Waals surface area contributed by atoms with Crippen LogP contribution in [0.2, 0.25) is 0 Å². The number of hydrogen-bond donors (Lipinski definition) is 2. The fourth-order valence-corrected chi connectivity index (χ4v) is 0.686. The zero-order chi connectivity index (χ0) is 9.56. The Morgan fingerprint density at radius 1 is 1.58 bits per heavy atom. The van der Waals surface area contributed by atoms with Crippen molar-refractivity contribution in [2.24, 2.45) is 5.92 Å². The lowest BCUT2D eigenvalue weighted by atomic mass is 10.1. The van der Waals surface area contributed by atoms with E-state index < -0.39 is 11.9 Å². The summed E-state index contributed by atoms with van der Waals surface area (Å²) in [4.78, 5) is 20.9. The number of carbonyl (C=O) groups is 2. The van der Waals surface area contributed by atoms with Gasteiger partial charge < -0.3 is 15.2 Å². The first-order valence-corrected chi connectivity index (χ1v) is 3.54. The van der Waals surface area contributed by atoms with Gasteiger partial charge in [-0.2, -0.15) is 0 Å². The second-order valence-corrected chi connectivity index (χ2v) is 2.43. The third kappa shape index (κ3) is 4.68. The third-order valence-corrected chi connectivity index (χ3v) is 1.31. The quantitative estimate of drug-likeness (QED) is 0.589. The van der Waals surface area contributed by atoms with E-state index in [1.54, 1.807) is 0 Å². The van der Waals surface area contributed by atoms with Crippen molar-refractivity contribution in [3.8, 4) is 0 Å². The molecule has 0 radical (unpaired) electrons. The SMILES string of the molecule is COCC(CNC(C)=O)C(=O)O. The summed E-state index contributed by atoms with van der Waals surface area (Å²) in [6, 6.07) is 0. The molecule has 0 rings (SSSR count). The summed E-state index contributed by atoms with van der Waals surface area (Å²) >= 11 is 0. The molecule has 5 heteroatoms. The topological polar surface area (TPSA) is 75.6 Å². The smallest absolute Gasteiger partial charge is 0.310 e. The molecule has 0 heterocycles. The first kappa shape index (κ1) is 10.9. The summed E-state index contributed by atoms with van der Waals surface area (Å²) in [6.07, 6.45) is 0. The van der Waals surface area contributed by atoms with E-state index >= 15 is 0 Å². The standard InChI is InChI=1S/C7H13NO4/c1-5(9)8-3-6(4-12-2)7(10)11/h6H,3-4H2,1-2H3,(H,8,9)(H,10,11). The lowest BCUT2D eigenvalue weighted by molar-refractivity contribution is -0.143. The summed E-state index contributed by atoms with van der Waals surface area (Å²) in [6.45, 7) is 1.56. The number of hydrogen-bond acceptors (Lipinski definition) is 3. The maximum absolute atomic E-state index is 10.5. The summed E-state index contributed by atoms with van der Waals surface area (Å²) in [7, 11) is 1.42. The Hall–Kier alpha value is -1.10. The van der Waals surface area contributed by atoms with Gasteiger partial charge in [-0.25, -0.2) is 0 Å². The van der Waals surface area contributed by atoms with Crippen molar-refractivity contribution in [2.75, 3.05) is 20.3 Å². The Morgan fingerprint density at radius 2 is 2.17 bits per heavy atom. The molecule has 0 bridgehead atoms. The van der Waals surface area contributed by atoms with Crippen LogP contribution < -0.4 is 5.32 Å². The fraction of sp³-hybridized carbons (Fsp3) is 0.714. The zero-order valence-corrected chi connectivity index (χ0v) is 7.16. The Kier molecular flexibility index (Phi) is 5.03. The van der Waals surface area contributed by atoms with Gasteiger partial charge in [0.25, 0.3) is 0 Å². The number of aliphatic carboxylic acids is 1. The highest BCUT2D eigenvalue weighted by atomic mass is 16.5. The minimum atomic E-state index is -0.967. The second kappa shape index (κ2) is 5.54. The predicted molar refractivity (Wildman–Crippen MR) is 41.7 cm³/mol. The molecule has 0 aliphatic carbocycles. The normalized spacial score (nSPS) is 12.2. The first-order valence-electron chi connectivity index (χ1n) is 3.54. The van der Waals surface area contributed by atoms with Gasteiger partial charge in [-0.05, 0) is 0 Å². The van der Waals surface area contributed by atoms with Crippen molar-refractivity contribution >= 4 is 11.9 Å². The van der Waals surface area contributed by atoms with Crippen molar-refractivity contribution in [3.63, 3.8) is 0 Å². The van der Waals surface area contributed by atoms with Gasteiger partial charge in [0.15, 0.2) is 0 Å². The molecule has 0 aromatic heterocycles. The average Bonchev–Trinajstić information content (AvgIpc) is 1.96. The van der Waals surface area contributed by atoms with Gasteiger partial charge in [0.1, 0.15) is 0 Å². The molecule has 0 aromatic carbocycles. The van der Waals surface area contributed by atoms with Crippen molar-refractivity contribution in [2.45, 2.75) is 6.92 Å². The van der Waals surface area contributed by atoms with Crippen LogP contribution in [0.15, 0.2) is 0 Å². The van der Waals surface area contributed by atoms with E-state index in [1.807, 2.05) is 0 Å². The zero-order valence-electron chi connectivity index (χ0n) is 7.16. The molecule has 2 N–H and O–H groups in total. The van der Waals surface area contributed by atoms with Crippen LogP contribution in [-0.2, 0) is 14.3 Å². The Labute approximate surface area is 70.7 Å². The maximum Gasteiger partial charge on any atom is 0.310 e. The van der Waals surface area contributed by atoms with Crippen LogP contribution in [-0.4, -0.2) is 37.2 Å². The van der Waals surface area contributed by atoms with Gasteiger partial charge in [-0.1, -0.05) is 0 Å². The van der Waals surface area contributed by atoms with E-state index in [-0.39, 0.29) is 19.1 Å². The van der Waals surface area contributed by atoms with E-state index in [9.17, 15) is 9.59 Å². The van der Waals surface area contributed by atoms with Gasteiger partial charge in [0.2, 0.25) is 5.91 Å². The minimum absolute atomic E-state index is 0.107. The van der Waals surface area contributed by atoms with Gasteiger partial charge in [0, 0.05) is 20.6 Å². The molecule has 1 atom stereocenters. The van der Waals surface area contributed by atoms with E-state index in [0.29, 0.717) is 0 Å². The molecule has 12 heavy (non-hydrogen) atoms. The molecule has 0 aromatic rings. The molecule has 0 saturated carbocycles. The third-order valence-electron chi connectivity index (χ3n) is 1.31. The van der Waals surface area contributed by atoms with Crippen LogP contribution in [0.5, 0.6) is 0 Å². The minimum Gasteiger partial charge on any atom is -0.481 e. The molecular formula is C7H13NO4. The number of carboxylic acids is 1.